The minimum atomic E-state index is -3.95. The third-order valence-corrected chi connectivity index (χ3v) is 7.17. The lowest BCUT2D eigenvalue weighted by Crippen LogP contribution is -2.41. The number of ether oxygens (including phenoxy) is 2. The Morgan fingerprint density at radius 2 is 1.41 bits per heavy atom. The summed E-state index contributed by atoms with van der Waals surface area (Å²) in [5, 5.41) is 2.84. The summed E-state index contributed by atoms with van der Waals surface area (Å²) in [6, 6.07) is 20.9. The second-order valence-corrected chi connectivity index (χ2v) is 9.69. The Balaban J connectivity index is 1.68. The van der Waals surface area contributed by atoms with E-state index in [1.807, 2.05) is 31.2 Å². The molecule has 3 aromatic carbocycles. The van der Waals surface area contributed by atoms with Crippen LogP contribution in [-0.2, 0) is 21.2 Å². The summed E-state index contributed by atoms with van der Waals surface area (Å²) in [5.74, 6) is 1.02. The zero-order valence-electron chi connectivity index (χ0n) is 19.7. The molecule has 0 unspecified atom stereocenters. The molecule has 8 heteroatoms. The van der Waals surface area contributed by atoms with Gasteiger partial charge in [0, 0.05) is 6.54 Å². The molecule has 0 fully saturated rings. The lowest BCUT2D eigenvalue weighted by molar-refractivity contribution is -0.119. The molecule has 0 aliphatic carbocycles. The van der Waals surface area contributed by atoms with Crippen LogP contribution in [0.5, 0.6) is 11.5 Å². The fourth-order valence-corrected chi connectivity index (χ4v) is 4.82. The van der Waals surface area contributed by atoms with Gasteiger partial charge in [0.2, 0.25) is 5.91 Å². The first kappa shape index (κ1) is 25.1. The normalized spacial score (nSPS) is 11.0. The number of rotatable bonds is 11. The van der Waals surface area contributed by atoms with Crippen molar-refractivity contribution in [2.45, 2.75) is 24.7 Å². The maximum Gasteiger partial charge on any atom is 0.264 e. The topological polar surface area (TPSA) is 84.9 Å². The Morgan fingerprint density at radius 1 is 0.853 bits per heavy atom. The lowest BCUT2D eigenvalue weighted by atomic mass is 10.1. The Morgan fingerprint density at radius 3 is 1.97 bits per heavy atom. The molecule has 3 rings (SSSR count). The van der Waals surface area contributed by atoms with Gasteiger partial charge >= 0.3 is 0 Å². The highest BCUT2D eigenvalue weighted by atomic mass is 32.2. The molecular formula is C26H30N2O5S. The third-order valence-electron chi connectivity index (χ3n) is 5.38. The van der Waals surface area contributed by atoms with Gasteiger partial charge in [-0.3, -0.25) is 9.10 Å². The first-order valence-electron chi connectivity index (χ1n) is 11.0. The summed E-state index contributed by atoms with van der Waals surface area (Å²) in [7, 11) is -0.785. The molecule has 0 atom stereocenters. The minimum absolute atomic E-state index is 0.126. The second kappa shape index (κ2) is 11.6. The molecule has 0 heterocycles. The number of hydrogen-bond donors (Lipinski definition) is 1. The van der Waals surface area contributed by atoms with Crippen molar-refractivity contribution >= 4 is 21.6 Å². The summed E-state index contributed by atoms with van der Waals surface area (Å²) in [6.07, 6.45) is 1.51. The van der Waals surface area contributed by atoms with E-state index in [1.165, 1.54) is 7.11 Å². The van der Waals surface area contributed by atoms with Crippen molar-refractivity contribution < 1.29 is 22.7 Å². The van der Waals surface area contributed by atoms with E-state index in [-0.39, 0.29) is 17.3 Å². The van der Waals surface area contributed by atoms with Gasteiger partial charge in [0.1, 0.15) is 18.0 Å². The number of nitrogens with one attached hydrogen (secondary N) is 1. The number of nitrogens with zero attached hydrogens (tertiary/aromatic N) is 1. The van der Waals surface area contributed by atoms with Crippen molar-refractivity contribution in [3.63, 3.8) is 0 Å². The van der Waals surface area contributed by atoms with Gasteiger partial charge in [-0.05, 0) is 73.9 Å². The Labute approximate surface area is 201 Å². The molecule has 0 aromatic heterocycles. The molecule has 0 spiro atoms. The van der Waals surface area contributed by atoms with E-state index in [4.69, 9.17) is 9.47 Å². The number of carbonyl (C=O) groups is 1. The maximum atomic E-state index is 13.4. The van der Waals surface area contributed by atoms with Gasteiger partial charge in [0.15, 0.2) is 0 Å². The van der Waals surface area contributed by atoms with E-state index in [9.17, 15) is 13.2 Å². The van der Waals surface area contributed by atoms with Crippen LogP contribution in [0.15, 0.2) is 77.7 Å². The van der Waals surface area contributed by atoms with E-state index in [1.54, 1.807) is 55.6 Å². The van der Waals surface area contributed by atoms with Crippen molar-refractivity contribution in [1.29, 1.82) is 0 Å². The summed E-state index contributed by atoms with van der Waals surface area (Å²) in [5.41, 5.74) is 2.47. The van der Waals surface area contributed by atoms with Gasteiger partial charge in [-0.1, -0.05) is 29.8 Å². The molecule has 0 saturated heterocycles. The lowest BCUT2D eigenvalue weighted by Gasteiger charge is -2.24. The fourth-order valence-electron chi connectivity index (χ4n) is 3.40. The van der Waals surface area contributed by atoms with Crippen molar-refractivity contribution in [2.75, 3.05) is 31.6 Å². The molecule has 0 bridgehead atoms. The van der Waals surface area contributed by atoms with Crippen LogP contribution in [0.3, 0.4) is 0 Å². The molecule has 0 aliphatic rings. The number of benzene rings is 3. The molecule has 1 amide bonds. The first-order chi connectivity index (χ1) is 16.3. The SMILES string of the molecule is COc1ccc(CCCNC(=O)CN(c2ccc(OC)cc2)S(=O)(=O)c2ccc(C)cc2)cc1. The third kappa shape index (κ3) is 6.51. The largest absolute Gasteiger partial charge is 0.497 e. The fraction of sp³-hybridized carbons (Fsp3) is 0.269. The van der Waals surface area contributed by atoms with Crippen LogP contribution < -0.4 is 19.1 Å². The number of amides is 1. The summed E-state index contributed by atoms with van der Waals surface area (Å²) < 4.78 is 38.3. The highest BCUT2D eigenvalue weighted by Crippen LogP contribution is 2.26. The average molecular weight is 483 g/mol. The Kier molecular flexibility index (Phi) is 8.54. The van der Waals surface area contributed by atoms with Crippen LogP contribution in [0.25, 0.3) is 0 Å². The van der Waals surface area contributed by atoms with Crippen molar-refractivity contribution in [1.82, 2.24) is 5.32 Å². The van der Waals surface area contributed by atoms with Crippen molar-refractivity contribution in [3.8, 4) is 11.5 Å². The van der Waals surface area contributed by atoms with Gasteiger partial charge in [-0.2, -0.15) is 0 Å². The molecule has 3 aromatic rings. The van der Waals surface area contributed by atoms with Crippen molar-refractivity contribution in [2.24, 2.45) is 0 Å². The summed E-state index contributed by atoms with van der Waals surface area (Å²) in [6.45, 7) is 1.99. The van der Waals surface area contributed by atoms with Crippen LogP contribution in [-0.4, -0.2) is 41.6 Å². The van der Waals surface area contributed by atoms with Crippen LogP contribution >= 0.6 is 0 Å². The number of methoxy groups -OCH3 is 2. The summed E-state index contributed by atoms with van der Waals surface area (Å²) >= 11 is 0. The van der Waals surface area contributed by atoms with E-state index in [0.29, 0.717) is 18.0 Å². The summed E-state index contributed by atoms with van der Waals surface area (Å²) in [4.78, 5) is 12.8. The standard InChI is InChI=1S/C26H30N2O5S/c1-20-6-16-25(17-7-20)34(30,31)28(22-10-14-24(33-3)15-11-22)19-26(29)27-18-4-5-21-8-12-23(32-2)13-9-21/h6-17H,4-5,18-19H2,1-3H3,(H,27,29). The number of aryl methyl sites for hydroxylation is 2. The first-order valence-corrected chi connectivity index (χ1v) is 12.4. The molecular weight excluding hydrogens is 452 g/mol. The van der Waals surface area contributed by atoms with Crippen molar-refractivity contribution in [3.05, 3.63) is 83.9 Å². The monoisotopic (exact) mass is 482 g/mol. The van der Waals surface area contributed by atoms with Gasteiger partial charge < -0.3 is 14.8 Å². The minimum Gasteiger partial charge on any atom is -0.497 e. The Hall–Kier alpha value is -3.52. The highest BCUT2D eigenvalue weighted by Gasteiger charge is 2.27. The average Bonchev–Trinajstić information content (AvgIpc) is 2.86. The number of anilines is 1. The quantitative estimate of drug-likeness (QED) is 0.418. The molecule has 0 radical (unpaired) electrons. The van der Waals surface area contributed by atoms with Gasteiger partial charge in [0.25, 0.3) is 10.0 Å². The van der Waals surface area contributed by atoms with E-state index in [0.717, 1.165) is 34.0 Å². The zero-order chi connectivity index (χ0) is 24.6. The molecule has 180 valence electrons. The van der Waals surface area contributed by atoms with Gasteiger partial charge in [-0.25, -0.2) is 8.42 Å². The number of hydrogen-bond acceptors (Lipinski definition) is 5. The predicted octanol–water partition coefficient (Wildman–Crippen LogP) is 3.96. The molecule has 1 N–H and O–H groups in total. The molecule has 34 heavy (non-hydrogen) atoms. The van der Waals surface area contributed by atoms with E-state index in [2.05, 4.69) is 5.32 Å². The zero-order valence-corrected chi connectivity index (χ0v) is 20.5. The number of sulfonamides is 1. The smallest absolute Gasteiger partial charge is 0.264 e. The highest BCUT2D eigenvalue weighted by molar-refractivity contribution is 7.92. The maximum absolute atomic E-state index is 13.4. The molecule has 0 saturated carbocycles. The predicted molar refractivity (Wildman–Crippen MR) is 133 cm³/mol. The van der Waals surface area contributed by atoms with Crippen LogP contribution in [0, 0.1) is 6.92 Å². The van der Waals surface area contributed by atoms with Crippen LogP contribution in [0.4, 0.5) is 5.69 Å². The van der Waals surface area contributed by atoms with Crippen LogP contribution in [0.2, 0.25) is 0 Å². The number of carbonyl (C=O) groups excluding carboxylic acids is 1. The van der Waals surface area contributed by atoms with Gasteiger partial charge in [-0.15, -0.1) is 0 Å². The van der Waals surface area contributed by atoms with E-state index >= 15 is 0 Å². The second-order valence-electron chi connectivity index (χ2n) is 7.82. The van der Waals surface area contributed by atoms with E-state index < -0.39 is 10.0 Å². The Bertz CT molecular complexity index is 1180. The molecule has 7 nitrogen and oxygen atoms in total. The van der Waals surface area contributed by atoms with Gasteiger partial charge in [0.05, 0.1) is 24.8 Å². The van der Waals surface area contributed by atoms with Crippen LogP contribution in [0.1, 0.15) is 17.5 Å². The molecule has 0 aliphatic heterocycles.